The van der Waals surface area contributed by atoms with E-state index in [1.807, 2.05) is 6.08 Å². The van der Waals surface area contributed by atoms with E-state index in [0.717, 1.165) is 19.3 Å². The molecule has 3 nitrogen and oxygen atoms in total. The van der Waals surface area contributed by atoms with Crippen LogP contribution in [0.4, 0.5) is 0 Å². The Morgan fingerprint density at radius 3 is 2.53 bits per heavy atom. The molecule has 0 unspecified atom stereocenters. The van der Waals surface area contributed by atoms with Crippen LogP contribution in [0.1, 0.15) is 45.4 Å². The minimum Gasteiger partial charge on any atom is -0.468 e. The predicted molar refractivity (Wildman–Crippen MR) is 62.5 cm³/mol. The Morgan fingerprint density at radius 1 is 1.40 bits per heavy atom. The van der Waals surface area contributed by atoms with Crippen molar-refractivity contribution in [1.29, 1.82) is 0 Å². The van der Waals surface area contributed by atoms with Crippen LogP contribution in [0.25, 0.3) is 0 Å². The van der Waals surface area contributed by atoms with Gasteiger partial charge in [-0.2, -0.15) is 0 Å². The van der Waals surface area contributed by atoms with E-state index in [1.54, 1.807) is 6.92 Å². The van der Waals surface area contributed by atoms with Crippen molar-refractivity contribution in [3.63, 3.8) is 0 Å². The molecule has 0 fully saturated rings. The van der Waals surface area contributed by atoms with Crippen molar-refractivity contribution in [2.45, 2.75) is 51.0 Å². The second-order valence-corrected chi connectivity index (χ2v) is 4.15. The minimum atomic E-state index is -0.826. The summed E-state index contributed by atoms with van der Waals surface area (Å²) in [6.45, 7) is 5.40. The highest BCUT2D eigenvalue weighted by atomic mass is 16.5. The Morgan fingerprint density at radius 2 is 2.00 bits per heavy atom. The molecule has 0 bridgehead atoms. The van der Waals surface area contributed by atoms with Gasteiger partial charge in [-0.15, -0.1) is 6.58 Å². The molecule has 0 aromatic carbocycles. The molecule has 0 aliphatic carbocycles. The molecule has 2 N–H and O–H groups in total. The highest BCUT2D eigenvalue weighted by Gasteiger charge is 2.28. The van der Waals surface area contributed by atoms with E-state index in [9.17, 15) is 4.79 Å². The smallest absolute Gasteiger partial charge is 0.325 e. The summed E-state index contributed by atoms with van der Waals surface area (Å²) in [6.07, 6.45) is 8.11. The maximum absolute atomic E-state index is 11.2. The van der Waals surface area contributed by atoms with E-state index in [1.165, 1.54) is 20.0 Å². The zero-order chi connectivity index (χ0) is 11.7. The van der Waals surface area contributed by atoms with Crippen molar-refractivity contribution >= 4 is 5.97 Å². The molecule has 3 heteroatoms. The normalized spacial score (nSPS) is 14.3. The first-order chi connectivity index (χ1) is 7.04. The SMILES string of the molecule is C=CCCCCCC[C@](C)(N)C(=O)OC. The highest BCUT2D eigenvalue weighted by Crippen LogP contribution is 2.14. The van der Waals surface area contributed by atoms with Gasteiger partial charge in [-0.3, -0.25) is 4.79 Å². The number of allylic oxidation sites excluding steroid dienone is 1. The molecule has 0 aromatic heterocycles. The number of hydrogen-bond donors (Lipinski definition) is 1. The third-order valence-electron chi connectivity index (χ3n) is 2.51. The van der Waals surface area contributed by atoms with Crippen LogP contribution in [0.3, 0.4) is 0 Å². The number of carbonyl (C=O) groups is 1. The predicted octanol–water partition coefficient (Wildman–Crippen LogP) is 2.40. The summed E-state index contributed by atoms with van der Waals surface area (Å²) >= 11 is 0. The van der Waals surface area contributed by atoms with E-state index in [2.05, 4.69) is 11.3 Å². The number of nitrogens with two attached hydrogens (primary N) is 1. The first kappa shape index (κ1) is 14.2. The standard InChI is InChI=1S/C12H23NO2/c1-4-5-6-7-8-9-10-12(2,13)11(14)15-3/h4H,1,5-10,13H2,2-3H3/t12-/m0/s1. The van der Waals surface area contributed by atoms with Crippen molar-refractivity contribution in [3.05, 3.63) is 12.7 Å². The van der Waals surface area contributed by atoms with Crippen LogP contribution in [0.15, 0.2) is 12.7 Å². The van der Waals surface area contributed by atoms with E-state index in [-0.39, 0.29) is 5.97 Å². The van der Waals surface area contributed by atoms with Gasteiger partial charge in [0.25, 0.3) is 0 Å². The zero-order valence-corrected chi connectivity index (χ0v) is 9.92. The molecule has 0 aliphatic heterocycles. The van der Waals surface area contributed by atoms with Crippen LogP contribution >= 0.6 is 0 Å². The van der Waals surface area contributed by atoms with Crippen LogP contribution < -0.4 is 5.73 Å². The first-order valence-corrected chi connectivity index (χ1v) is 5.53. The molecule has 0 heterocycles. The van der Waals surface area contributed by atoms with Crippen molar-refractivity contribution in [1.82, 2.24) is 0 Å². The highest BCUT2D eigenvalue weighted by molar-refractivity contribution is 5.79. The van der Waals surface area contributed by atoms with E-state index < -0.39 is 5.54 Å². The summed E-state index contributed by atoms with van der Waals surface area (Å²) in [5.74, 6) is -0.325. The Kier molecular flexibility index (Phi) is 7.05. The summed E-state index contributed by atoms with van der Waals surface area (Å²) in [6, 6.07) is 0. The van der Waals surface area contributed by atoms with Crippen molar-refractivity contribution < 1.29 is 9.53 Å². The van der Waals surface area contributed by atoms with Crippen LogP contribution in [-0.2, 0) is 9.53 Å². The molecule has 0 amide bonds. The lowest BCUT2D eigenvalue weighted by Gasteiger charge is -2.20. The van der Waals surface area contributed by atoms with Gasteiger partial charge in [-0.25, -0.2) is 0 Å². The van der Waals surface area contributed by atoms with Gasteiger partial charge in [-0.1, -0.05) is 25.3 Å². The lowest BCUT2D eigenvalue weighted by Crippen LogP contribution is -2.45. The average Bonchev–Trinajstić information content (AvgIpc) is 2.22. The van der Waals surface area contributed by atoms with Gasteiger partial charge < -0.3 is 10.5 Å². The third-order valence-corrected chi connectivity index (χ3v) is 2.51. The maximum Gasteiger partial charge on any atom is 0.325 e. The minimum absolute atomic E-state index is 0.325. The second-order valence-electron chi connectivity index (χ2n) is 4.15. The molecule has 0 radical (unpaired) electrons. The van der Waals surface area contributed by atoms with E-state index >= 15 is 0 Å². The fourth-order valence-corrected chi connectivity index (χ4v) is 1.47. The molecule has 0 saturated heterocycles. The Labute approximate surface area is 92.7 Å². The molecule has 0 aromatic rings. The van der Waals surface area contributed by atoms with Crippen molar-refractivity contribution in [2.24, 2.45) is 5.73 Å². The average molecular weight is 213 g/mol. The monoisotopic (exact) mass is 213 g/mol. The fourth-order valence-electron chi connectivity index (χ4n) is 1.47. The number of ether oxygens (including phenoxy) is 1. The summed E-state index contributed by atoms with van der Waals surface area (Å²) in [4.78, 5) is 11.2. The Balaban J connectivity index is 3.57. The molecule has 1 atom stereocenters. The van der Waals surface area contributed by atoms with Crippen molar-refractivity contribution in [2.75, 3.05) is 7.11 Å². The van der Waals surface area contributed by atoms with Crippen LogP contribution in [0, 0.1) is 0 Å². The van der Waals surface area contributed by atoms with Crippen LogP contribution in [0.2, 0.25) is 0 Å². The Bertz CT molecular complexity index is 200. The van der Waals surface area contributed by atoms with Gasteiger partial charge in [0.1, 0.15) is 5.54 Å². The molecule has 0 aliphatic rings. The first-order valence-electron chi connectivity index (χ1n) is 5.53. The van der Waals surface area contributed by atoms with Gasteiger partial charge in [0, 0.05) is 0 Å². The van der Waals surface area contributed by atoms with E-state index in [4.69, 9.17) is 5.73 Å². The fraction of sp³-hybridized carbons (Fsp3) is 0.750. The summed E-state index contributed by atoms with van der Waals surface area (Å²) < 4.78 is 4.63. The van der Waals surface area contributed by atoms with Crippen LogP contribution in [-0.4, -0.2) is 18.6 Å². The van der Waals surface area contributed by atoms with Crippen molar-refractivity contribution in [3.8, 4) is 0 Å². The van der Waals surface area contributed by atoms with E-state index in [0.29, 0.717) is 6.42 Å². The number of rotatable bonds is 8. The molecular weight excluding hydrogens is 190 g/mol. The molecule has 0 rings (SSSR count). The number of methoxy groups -OCH3 is 1. The van der Waals surface area contributed by atoms with Gasteiger partial charge in [0.2, 0.25) is 0 Å². The molecule has 88 valence electrons. The third kappa shape index (κ3) is 6.28. The van der Waals surface area contributed by atoms with Gasteiger partial charge in [-0.05, 0) is 26.2 Å². The molecule has 0 spiro atoms. The largest absolute Gasteiger partial charge is 0.468 e. The van der Waals surface area contributed by atoms with Gasteiger partial charge in [0.05, 0.1) is 7.11 Å². The summed E-state index contributed by atoms with van der Waals surface area (Å²) in [5, 5.41) is 0. The molecule has 15 heavy (non-hydrogen) atoms. The quantitative estimate of drug-likeness (QED) is 0.382. The van der Waals surface area contributed by atoms with Gasteiger partial charge >= 0.3 is 5.97 Å². The Hall–Kier alpha value is -0.830. The van der Waals surface area contributed by atoms with Crippen LogP contribution in [0.5, 0.6) is 0 Å². The summed E-state index contributed by atoms with van der Waals surface area (Å²) in [7, 11) is 1.37. The lowest BCUT2D eigenvalue weighted by atomic mass is 9.95. The lowest BCUT2D eigenvalue weighted by molar-refractivity contribution is -0.146. The maximum atomic E-state index is 11.2. The zero-order valence-electron chi connectivity index (χ0n) is 9.92. The molecular formula is C12H23NO2. The second kappa shape index (κ2) is 7.46. The van der Waals surface area contributed by atoms with Gasteiger partial charge in [0.15, 0.2) is 0 Å². The molecule has 0 saturated carbocycles. The topological polar surface area (TPSA) is 52.3 Å². The number of carbonyl (C=O) groups excluding carboxylic acids is 1. The number of esters is 1. The number of hydrogen-bond acceptors (Lipinski definition) is 3. The summed E-state index contributed by atoms with van der Waals surface area (Å²) in [5.41, 5.74) is 4.99. The number of unbranched alkanes of at least 4 members (excludes halogenated alkanes) is 4.